The second-order valence-electron chi connectivity index (χ2n) is 2.95. The van der Waals surface area contributed by atoms with E-state index >= 15 is 0 Å². The molecule has 0 radical (unpaired) electrons. The van der Waals surface area contributed by atoms with Crippen LogP contribution in [0.3, 0.4) is 0 Å². The minimum atomic E-state index is 0.0310. The Kier molecular flexibility index (Phi) is 4.55. The molecule has 0 aliphatic heterocycles. The van der Waals surface area contributed by atoms with Gasteiger partial charge in [0.05, 0.1) is 0 Å². The lowest BCUT2D eigenvalue weighted by Gasteiger charge is -2.06. The molecule has 0 fully saturated rings. The van der Waals surface area contributed by atoms with E-state index in [9.17, 15) is 4.79 Å². The second-order valence-corrected chi connectivity index (χ2v) is 2.95. The zero-order valence-corrected chi connectivity index (χ0v) is 8.32. The number of carbonyl (C=O) groups is 1. The van der Waals surface area contributed by atoms with E-state index in [1.807, 2.05) is 37.3 Å². The molecule has 0 aliphatic rings. The smallest absolute Gasteiger partial charge is 0.222 e. The predicted octanol–water partition coefficient (Wildman–Crippen LogP) is 1.94. The standard InChI is InChI=1S/C11H15NO2/c1-2-6-11(13)12-9-14-10-7-4-3-5-8-10/h3-5,7-8H,2,6,9H2,1H3,(H,12,13). The molecule has 14 heavy (non-hydrogen) atoms. The monoisotopic (exact) mass is 193 g/mol. The molecular formula is C11H15NO2. The first-order valence-electron chi connectivity index (χ1n) is 4.77. The third-order valence-electron chi connectivity index (χ3n) is 1.73. The molecule has 0 saturated heterocycles. The van der Waals surface area contributed by atoms with Crippen molar-refractivity contribution in [2.75, 3.05) is 6.73 Å². The topological polar surface area (TPSA) is 38.3 Å². The SMILES string of the molecule is CCCC(=O)NCOc1ccccc1. The molecule has 0 unspecified atom stereocenters. The van der Waals surface area contributed by atoms with Gasteiger partial charge in [0.2, 0.25) is 5.91 Å². The van der Waals surface area contributed by atoms with Gasteiger partial charge in [0.1, 0.15) is 5.75 Å². The summed E-state index contributed by atoms with van der Waals surface area (Å²) in [5.41, 5.74) is 0. The summed E-state index contributed by atoms with van der Waals surface area (Å²) in [6.07, 6.45) is 1.41. The predicted molar refractivity (Wildman–Crippen MR) is 55.0 cm³/mol. The van der Waals surface area contributed by atoms with Crippen molar-refractivity contribution in [1.29, 1.82) is 0 Å². The molecule has 3 heteroatoms. The molecule has 3 nitrogen and oxygen atoms in total. The number of nitrogens with one attached hydrogen (secondary N) is 1. The molecule has 0 bridgehead atoms. The number of benzene rings is 1. The third kappa shape index (κ3) is 3.94. The van der Waals surface area contributed by atoms with E-state index in [0.717, 1.165) is 12.2 Å². The molecule has 0 aromatic heterocycles. The molecule has 1 N–H and O–H groups in total. The normalized spacial score (nSPS) is 9.50. The van der Waals surface area contributed by atoms with Gasteiger partial charge in [-0.15, -0.1) is 0 Å². The van der Waals surface area contributed by atoms with Crippen LogP contribution >= 0.6 is 0 Å². The summed E-state index contributed by atoms with van der Waals surface area (Å²) < 4.78 is 5.29. The van der Waals surface area contributed by atoms with Crippen LogP contribution in [0.1, 0.15) is 19.8 Å². The number of hydrogen-bond donors (Lipinski definition) is 1. The number of amides is 1. The van der Waals surface area contributed by atoms with Crippen LogP contribution in [-0.4, -0.2) is 12.6 Å². The molecule has 1 aromatic rings. The van der Waals surface area contributed by atoms with Gasteiger partial charge in [-0.25, -0.2) is 0 Å². The Labute approximate surface area is 84.1 Å². The Morgan fingerprint density at radius 1 is 1.36 bits per heavy atom. The molecule has 0 heterocycles. The van der Waals surface area contributed by atoms with Crippen molar-refractivity contribution in [3.8, 4) is 5.75 Å². The maximum atomic E-state index is 11.0. The summed E-state index contributed by atoms with van der Waals surface area (Å²) in [6.45, 7) is 2.21. The van der Waals surface area contributed by atoms with Gasteiger partial charge in [0.15, 0.2) is 6.73 Å². The lowest BCUT2D eigenvalue weighted by molar-refractivity contribution is -0.122. The summed E-state index contributed by atoms with van der Waals surface area (Å²) in [4.78, 5) is 11.0. The Morgan fingerprint density at radius 3 is 2.71 bits per heavy atom. The number of para-hydroxylation sites is 1. The van der Waals surface area contributed by atoms with Gasteiger partial charge in [-0.1, -0.05) is 25.1 Å². The summed E-state index contributed by atoms with van der Waals surface area (Å²) in [7, 11) is 0. The van der Waals surface area contributed by atoms with E-state index in [1.165, 1.54) is 0 Å². The van der Waals surface area contributed by atoms with Crippen LogP contribution in [0.4, 0.5) is 0 Å². The molecule has 1 amide bonds. The van der Waals surface area contributed by atoms with Crippen molar-refractivity contribution in [3.05, 3.63) is 30.3 Å². The third-order valence-corrected chi connectivity index (χ3v) is 1.73. The number of hydrogen-bond acceptors (Lipinski definition) is 2. The fourth-order valence-corrected chi connectivity index (χ4v) is 1.03. The lowest BCUT2D eigenvalue weighted by Crippen LogP contribution is -2.27. The van der Waals surface area contributed by atoms with E-state index in [1.54, 1.807) is 0 Å². The van der Waals surface area contributed by atoms with E-state index in [-0.39, 0.29) is 12.6 Å². The van der Waals surface area contributed by atoms with E-state index < -0.39 is 0 Å². The van der Waals surface area contributed by atoms with Crippen molar-refractivity contribution < 1.29 is 9.53 Å². The first-order chi connectivity index (χ1) is 6.83. The summed E-state index contributed by atoms with van der Waals surface area (Å²) in [5.74, 6) is 0.799. The van der Waals surface area contributed by atoms with Crippen LogP contribution in [0.15, 0.2) is 30.3 Å². The fourth-order valence-electron chi connectivity index (χ4n) is 1.03. The highest BCUT2D eigenvalue weighted by atomic mass is 16.5. The van der Waals surface area contributed by atoms with E-state index in [4.69, 9.17) is 4.74 Å². The lowest BCUT2D eigenvalue weighted by atomic mass is 10.3. The zero-order chi connectivity index (χ0) is 10.2. The molecule has 0 spiro atoms. The number of ether oxygens (including phenoxy) is 1. The van der Waals surface area contributed by atoms with Crippen LogP contribution in [0.25, 0.3) is 0 Å². The van der Waals surface area contributed by atoms with Crippen LogP contribution in [0.5, 0.6) is 5.75 Å². The van der Waals surface area contributed by atoms with Gasteiger partial charge in [0, 0.05) is 6.42 Å². The van der Waals surface area contributed by atoms with Crippen LogP contribution < -0.4 is 10.1 Å². The van der Waals surface area contributed by atoms with Gasteiger partial charge in [-0.05, 0) is 18.6 Å². The summed E-state index contributed by atoms with van der Waals surface area (Å²) >= 11 is 0. The molecule has 0 saturated carbocycles. The molecular weight excluding hydrogens is 178 g/mol. The average molecular weight is 193 g/mol. The van der Waals surface area contributed by atoms with E-state index in [2.05, 4.69) is 5.32 Å². The Balaban J connectivity index is 2.19. The molecule has 0 atom stereocenters. The van der Waals surface area contributed by atoms with Crippen molar-refractivity contribution in [3.63, 3.8) is 0 Å². The minimum Gasteiger partial charge on any atom is -0.473 e. The highest BCUT2D eigenvalue weighted by molar-refractivity contribution is 5.75. The zero-order valence-electron chi connectivity index (χ0n) is 8.32. The largest absolute Gasteiger partial charge is 0.473 e. The van der Waals surface area contributed by atoms with Gasteiger partial charge in [0.25, 0.3) is 0 Å². The summed E-state index contributed by atoms with van der Waals surface area (Å²) in [5, 5.41) is 2.67. The van der Waals surface area contributed by atoms with Crippen LogP contribution in [0.2, 0.25) is 0 Å². The average Bonchev–Trinajstić information content (AvgIpc) is 2.20. The Morgan fingerprint density at radius 2 is 2.07 bits per heavy atom. The minimum absolute atomic E-state index is 0.0310. The van der Waals surface area contributed by atoms with Crippen LogP contribution in [0, 0.1) is 0 Å². The van der Waals surface area contributed by atoms with Crippen molar-refractivity contribution in [1.82, 2.24) is 5.32 Å². The summed E-state index contributed by atoms with van der Waals surface area (Å²) in [6, 6.07) is 9.41. The fraction of sp³-hybridized carbons (Fsp3) is 0.364. The molecule has 0 aliphatic carbocycles. The molecule has 76 valence electrons. The first kappa shape index (κ1) is 10.6. The van der Waals surface area contributed by atoms with Crippen molar-refractivity contribution >= 4 is 5.91 Å². The van der Waals surface area contributed by atoms with Gasteiger partial charge < -0.3 is 10.1 Å². The first-order valence-corrected chi connectivity index (χ1v) is 4.77. The van der Waals surface area contributed by atoms with Gasteiger partial charge in [-0.3, -0.25) is 4.79 Å². The van der Waals surface area contributed by atoms with Crippen molar-refractivity contribution in [2.45, 2.75) is 19.8 Å². The second kappa shape index (κ2) is 6.02. The Bertz CT molecular complexity index is 272. The van der Waals surface area contributed by atoms with Gasteiger partial charge >= 0.3 is 0 Å². The number of rotatable bonds is 5. The van der Waals surface area contributed by atoms with Gasteiger partial charge in [-0.2, -0.15) is 0 Å². The maximum absolute atomic E-state index is 11.0. The highest BCUT2D eigenvalue weighted by Gasteiger charge is 1.97. The molecule has 1 aromatic carbocycles. The maximum Gasteiger partial charge on any atom is 0.222 e. The number of carbonyl (C=O) groups excluding carboxylic acids is 1. The Hall–Kier alpha value is -1.51. The highest BCUT2D eigenvalue weighted by Crippen LogP contribution is 2.06. The quantitative estimate of drug-likeness (QED) is 0.726. The van der Waals surface area contributed by atoms with Crippen LogP contribution in [-0.2, 0) is 4.79 Å². The van der Waals surface area contributed by atoms with Crippen molar-refractivity contribution in [2.24, 2.45) is 0 Å². The van der Waals surface area contributed by atoms with E-state index in [0.29, 0.717) is 6.42 Å². The molecule has 1 rings (SSSR count).